The summed E-state index contributed by atoms with van der Waals surface area (Å²) in [6.07, 6.45) is 0.0323. The van der Waals surface area contributed by atoms with Gasteiger partial charge in [-0.2, -0.15) is 0 Å². The second kappa shape index (κ2) is 10.0. The third-order valence-electron chi connectivity index (χ3n) is 3.54. The molecular formula is C19H21ClO6. The van der Waals surface area contributed by atoms with E-state index in [9.17, 15) is 4.79 Å². The zero-order valence-corrected chi connectivity index (χ0v) is 15.7. The SMILES string of the molecule is COCOc1cc(CC(=O)OC)c(-c2ccccc2Cl)c(OCOC)c1. The smallest absolute Gasteiger partial charge is 0.310 e. The number of halogens is 1. The van der Waals surface area contributed by atoms with Gasteiger partial charge >= 0.3 is 5.97 Å². The maximum Gasteiger partial charge on any atom is 0.310 e. The first-order chi connectivity index (χ1) is 12.6. The molecule has 0 fully saturated rings. The summed E-state index contributed by atoms with van der Waals surface area (Å²) in [7, 11) is 4.39. The Hall–Kier alpha value is -2.28. The molecule has 0 saturated carbocycles. The Morgan fingerprint density at radius 1 is 1.00 bits per heavy atom. The van der Waals surface area contributed by atoms with E-state index >= 15 is 0 Å². The molecule has 0 bridgehead atoms. The van der Waals surface area contributed by atoms with E-state index in [4.69, 9.17) is 35.3 Å². The van der Waals surface area contributed by atoms with Crippen molar-refractivity contribution in [3.63, 3.8) is 0 Å². The number of benzene rings is 2. The zero-order chi connectivity index (χ0) is 18.9. The van der Waals surface area contributed by atoms with Gasteiger partial charge in [0.25, 0.3) is 0 Å². The molecule has 0 aliphatic heterocycles. The highest BCUT2D eigenvalue weighted by Crippen LogP contribution is 2.40. The first-order valence-corrected chi connectivity index (χ1v) is 8.20. The number of hydrogen-bond acceptors (Lipinski definition) is 6. The Kier molecular flexibility index (Phi) is 7.72. The highest BCUT2D eigenvalue weighted by molar-refractivity contribution is 6.33. The lowest BCUT2D eigenvalue weighted by Crippen LogP contribution is -2.09. The molecule has 26 heavy (non-hydrogen) atoms. The number of ether oxygens (including phenoxy) is 5. The van der Waals surface area contributed by atoms with Crippen LogP contribution in [-0.2, 0) is 25.4 Å². The molecule has 0 amide bonds. The molecule has 2 rings (SSSR count). The summed E-state index contributed by atoms with van der Waals surface area (Å²) in [6.45, 7) is 0.0929. The van der Waals surface area contributed by atoms with Gasteiger partial charge in [-0.3, -0.25) is 4.79 Å². The average Bonchev–Trinajstić information content (AvgIpc) is 2.65. The number of rotatable bonds is 9. The summed E-state index contributed by atoms with van der Waals surface area (Å²) in [5, 5.41) is 0.534. The van der Waals surface area contributed by atoms with Crippen molar-refractivity contribution in [3.05, 3.63) is 47.0 Å². The van der Waals surface area contributed by atoms with E-state index in [0.29, 0.717) is 27.6 Å². The Labute approximate surface area is 157 Å². The molecule has 7 heteroatoms. The predicted molar refractivity (Wildman–Crippen MR) is 97.6 cm³/mol. The maximum atomic E-state index is 11.9. The molecule has 0 saturated heterocycles. The molecule has 0 spiro atoms. The summed E-state index contributed by atoms with van der Waals surface area (Å²) in [4.78, 5) is 11.9. The fraction of sp³-hybridized carbons (Fsp3) is 0.316. The molecule has 140 valence electrons. The minimum Gasteiger partial charge on any atom is -0.469 e. The summed E-state index contributed by atoms with van der Waals surface area (Å²) < 4.78 is 26.0. The van der Waals surface area contributed by atoms with Crippen molar-refractivity contribution >= 4 is 17.6 Å². The van der Waals surface area contributed by atoms with E-state index in [-0.39, 0.29) is 26.0 Å². The third kappa shape index (κ3) is 5.11. The van der Waals surface area contributed by atoms with Crippen LogP contribution in [0.25, 0.3) is 11.1 Å². The summed E-state index contributed by atoms with van der Waals surface area (Å²) >= 11 is 6.38. The number of carbonyl (C=O) groups is 1. The second-order valence-corrected chi connectivity index (χ2v) is 5.70. The van der Waals surface area contributed by atoms with Crippen molar-refractivity contribution in [3.8, 4) is 22.6 Å². The standard InChI is InChI=1S/C19H21ClO6/c1-22-11-25-14-8-13(9-18(21)24-3)19(17(10-14)26-12-23-2)15-6-4-5-7-16(15)20/h4-8,10H,9,11-12H2,1-3H3. The van der Waals surface area contributed by atoms with Gasteiger partial charge in [0.1, 0.15) is 11.5 Å². The van der Waals surface area contributed by atoms with Crippen LogP contribution in [0.4, 0.5) is 0 Å². The molecule has 0 heterocycles. The van der Waals surface area contributed by atoms with Gasteiger partial charge in [0, 0.05) is 36.4 Å². The summed E-state index contributed by atoms with van der Waals surface area (Å²) in [5.74, 6) is 0.583. The summed E-state index contributed by atoms with van der Waals surface area (Å²) in [6, 6.07) is 10.8. The molecule has 2 aromatic carbocycles. The molecule has 6 nitrogen and oxygen atoms in total. The highest BCUT2D eigenvalue weighted by atomic mass is 35.5. The van der Waals surface area contributed by atoms with Gasteiger partial charge in [0.05, 0.1) is 13.5 Å². The van der Waals surface area contributed by atoms with Crippen LogP contribution in [0.1, 0.15) is 5.56 Å². The average molecular weight is 381 g/mol. The van der Waals surface area contributed by atoms with E-state index in [2.05, 4.69) is 0 Å². The number of esters is 1. The molecule has 0 N–H and O–H groups in total. The number of methoxy groups -OCH3 is 3. The maximum absolute atomic E-state index is 11.9. The van der Waals surface area contributed by atoms with E-state index in [0.717, 1.165) is 5.56 Å². The van der Waals surface area contributed by atoms with Crippen molar-refractivity contribution in [2.24, 2.45) is 0 Å². The van der Waals surface area contributed by atoms with Crippen molar-refractivity contribution in [2.75, 3.05) is 34.9 Å². The van der Waals surface area contributed by atoms with Crippen molar-refractivity contribution in [1.82, 2.24) is 0 Å². The second-order valence-electron chi connectivity index (χ2n) is 5.29. The molecule has 0 radical (unpaired) electrons. The zero-order valence-electron chi connectivity index (χ0n) is 14.9. The lowest BCUT2D eigenvalue weighted by molar-refractivity contribution is -0.139. The Bertz CT molecular complexity index is 747. The van der Waals surface area contributed by atoms with E-state index < -0.39 is 0 Å². The van der Waals surface area contributed by atoms with Crippen LogP contribution in [0, 0.1) is 0 Å². The molecule has 0 aromatic heterocycles. The Morgan fingerprint density at radius 3 is 2.35 bits per heavy atom. The van der Waals surface area contributed by atoms with Gasteiger partial charge in [0.2, 0.25) is 0 Å². The first-order valence-electron chi connectivity index (χ1n) is 7.82. The van der Waals surface area contributed by atoms with E-state index in [1.54, 1.807) is 18.2 Å². The normalized spacial score (nSPS) is 10.5. The van der Waals surface area contributed by atoms with Gasteiger partial charge in [-0.05, 0) is 17.7 Å². The van der Waals surface area contributed by atoms with Gasteiger partial charge in [-0.25, -0.2) is 0 Å². The van der Waals surface area contributed by atoms with E-state index in [1.165, 1.54) is 21.3 Å². The molecule has 0 aliphatic carbocycles. The van der Waals surface area contributed by atoms with Crippen LogP contribution in [0.2, 0.25) is 5.02 Å². The fourth-order valence-corrected chi connectivity index (χ4v) is 2.66. The monoisotopic (exact) mass is 380 g/mol. The van der Waals surface area contributed by atoms with Crippen LogP contribution < -0.4 is 9.47 Å². The van der Waals surface area contributed by atoms with Crippen LogP contribution in [-0.4, -0.2) is 40.9 Å². The quantitative estimate of drug-likeness (QED) is 0.488. The Balaban J connectivity index is 2.62. The number of hydrogen-bond donors (Lipinski definition) is 0. The molecule has 0 unspecified atom stereocenters. The largest absolute Gasteiger partial charge is 0.469 e. The molecule has 2 aromatic rings. The minimum absolute atomic E-state index is 0.0306. The minimum atomic E-state index is -0.389. The van der Waals surface area contributed by atoms with Crippen LogP contribution >= 0.6 is 11.6 Å². The number of carbonyl (C=O) groups excluding carboxylic acids is 1. The van der Waals surface area contributed by atoms with Gasteiger partial charge in [-0.1, -0.05) is 29.8 Å². The van der Waals surface area contributed by atoms with Gasteiger partial charge in [0.15, 0.2) is 13.6 Å². The van der Waals surface area contributed by atoms with Gasteiger partial charge < -0.3 is 23.7 Å². The van der Waals surface area contributed by atoms with Gasteiger partial charge in [-0.15, -0.1) is 0 Å². The van der Waals surface area contributed by atoms with Crippen LogP contribution in [0.3, 0.4) is 0 Å². The highest BCUT2D eigenvalue weighted by Gasteiger charge is 2.19. The molecule has 0 aliphatic rings. The third-order valence-corrected chi connectivity index (χ3v) is 3.87. The van der Waals surface area contributed by atoms with Crippen molar-refractivity contribution in [1.29, 1.82) is 0 Å². The first kappa shape index (κ1) is 20.0. The van der Waals surface area contributed by atoms with Crippen molar-refractivity contribution in [2.45, 2.75) is 6.42 Å². The molecular weight excluding hydrogens is 360 g/mol. The summed E-state index contributed by atoms with van der Waals surface area (Å²) in [5.41, 5.74) is 2.07. The predicted octanol–water partition coefficient (Wildman–Crippen LogP) is 3.69. The van der Waals surface area contributed by atoms with E-state index in [1.807, 2.05) is 18.2 Å². The lowest BCUT2D eigenvalue weighted by atomic mass is 9.96. The van der Waals surface area contributed by atoms with Crippen LogP contribution in [0.5, 0.6) is 11.5 Å². The Morgan fingerprint density at radius 2 is 1.69 bits per heavy atom. The lowest BCUT2D eigenvalue weighted by Gasteiger charge is -2.18. The topological polar surface area (TPSA) is 63.2 Å². The molecule has 0 atom stereocenters. The fourth-order valence-electron chi connectivity index (χ4n) is 2.43. The van der Waals surface area contributed by atoms with Crippen LogP contribution in [0.15, 0.2) is 36.4 Å². The van der Waals surface area contributed by atoms with Crippen molar-refractivity contribution < 1.29 is 28.5 Å².